The standard InChI is InChI=1S/C16H23N3O/c1-13-11-14-5-3-4-6-15(14)19(13)16(20)12-18-9-7-17(2)8-10-18/h3-6,13H,7-12H2,1-2H3/t13-/m0/s1. The van der Waals surface area contributed by atoms with Gasteiger partial charge in [0.2, 0.25) is 5.91 Å². The molecule has 3 rings (SSSR count). The third-order valence-corrected chi connectivity index (χ3v) is 4.43. The first kappa shape index (κ1) is 13.6. The van der Waals surface area contributed by atoms with Crippen LogP contribution in [0.2, 0.25) is 0 Å². The Morgan fingerprint density at radius 2 is 1.90 bits per heavy atom. The lowest BCUT2D eigenvalue weighted by Crippen LogP contribution is -2.49. The molecule has 4 nitrogen and oxygen atoms in total. The minimum absolute atomic E-state index is 0.243. The molecule has 20 heavy (non-hydrogen) atoms. The van der Waals surface area contributed by atoms with Crippen molar-refractivity contribution in [2.75, 3.05) is 44.7 Å². The van der Waals surface area contributed by atoms with Crippen molar-refractivity contribution in [2.45, 2.75) is 19.4 Å². The van der Waals surface area contributed by atoms with E-state index < -0.39 is 0 Å². The molecule has 0 saturated carbocycles. The number of carbonyl (C=O) groups is 1. The number of hydrogen-bond acceptors (Lipinski definition) is 3. The molecule has 1 amide bonds. The molecular formula is C16H23N3O. The Morgan fingerprint density at radius 1 is 1.20 bits per heavy atom. The summed E-state index contributed by atoms with van der Waals surface area (Å²) >= 11 is 0. The Balaban J connectivity index is 1.68. The summed E-state index contributed by atoms with van der Waals surface area (Å²) in [5.74, 6) is 0.243. The topological polar surface area (TPSA) is 26.8 Å². The third-order valence-electron chi connectivity index (χ3n) is 4.43. The van der Waals surface area contributed by atoms with Gasteiger partial charge in [0.25, 0.3) is 0 Å². The first-order valence-corrected chi connectivity index (χ1v) is 7.46. The van der Waals surface area contributed by atoms with Crippen LogP contribution in [0.3, 0.4) is 0 Å². The Bertz CT molecular complexity index is 494. The van der Waals surface area contributed by atoms with Crippen molar-refractivity contribution in [3.8, 4) is 0 Å². The van der Waals surface area contributed by atoms with E-state index in [-0.39, 0.29) is 11.9 Å². The van der Waals surface area contributed by atoms with Crippen LogP contribution < -0.4 is 4.90 Å². The van der Waals surface area contributed by atoms with Gasteiger partial charge in [0.05, 0.1) is 6.54 Å². The fourth-order valence-corrected chi connectivity index (χ4v) is 3.22. The first-order valence-electron chi connectivity index (χ1n) is 7.46. The lowest BCUT2D eigenvalue weighted by molar-refractivity contribution is -0.120. The van der Waals surface area contributed by atoms with Crippen LogP contribution in [0.1, 0.15) is 12.5 Å². The molecule has 1 aromatic rings. The third kappa shape index (κ3) is 2.58. The van der Waals surface area contributed by atoms with Gasteiger partial charge in [-0.15, -0.1) is 0 Å². The zero-order chi connectivity index (χ0) is 14.1. The maximum absolute atomic E-state index is 12.6. The van der Waals surface area contributed by atoms with Crippen LogP contribution in [-0.4, -0.2) is 61.5 Å². The van der Waals surface area contributed by atoms with Crippen LogP contribution in [0.5, 0.6) is 0 Å². The summed E-state index contributed by atoms with van der Waals surface area (Å²) < 4.78 is 0. The van der Waals surface area contributed by atoms with Crippen molar-refractivity contribution in [3.63, 3.8) is 0 Å². The van der Waals surface area contributed by atoms with Gasteiger partial charge in [-0.2, -0.15) is 0 Å². The summed E-state index contributed by atoms with van der Waals surface area (Å²) in [6, 6.07) is 8.57. The SMILES string of the molecule is C[C@H]1Cc2ccccc2N1C(=O)CN1CCN(C)CC1. The summed E-state index contributed by atoms with van der Waals surface area (Å²) in [7, 11) is 2.14. The Hall–Kier alpha value is -1.39. The quantitative estimate of drug-likeness (QED) is 0.810. The van der Waals surface area contributed by atoms with Crippen molar-refractivity contribution in [1.82, 2.24) is 9.80 Å². The summed E-state index contributed by atoms with van der Waals surface area (Å²) in [4.78, 5) is 19.2. The molecule has 1 atom stereocenters. The van der Waals surface area contributed by atoms with Crippen LogP contribution >= 0.6 is 0 Å². The molecule has 0 N–H and O–H groups in total. The number of rotatable bonds is 2. The second-order valence-electron chi connectivity index (χ2n) is 6.03. The molecule has 4 heteroatoms. The molecule has 1 saturated heterocycles. The van der Waals surface area contributed by atoms with Gasteiger partial charge in [0.1, 0.15) is 0 Å². The van der Waals surface area contributed by atoms with Gasteiger partial charge < -0.3 is 9.80 Å². The number of nitrogens with zero attached hydrogens (tertiary/aromatic N) is 3. The second-order valence-corrected chi connectivity index (χ2v) is 6.03. The molecule has 0 bridgehead atoms. The number of hydrogen-bond donors (Lipinski definition) is 0. The minimum atomic E-state index is 0.243. The molecule has 0 spiro atoms. The lowest BCUT2D eigenvalue weighted by Gasteiger charge is -2.33. The average Bonchev–Trinajstić information content (AvgIpc) is 2.77. The van der Waals surface area contributed by atoms with E-state index in [0.29, 0.717) is 6.54 Å². The normalized spacial score (nSPS) is 23.9. The van der Waals surface area contributed by atoms with Gasteiger partial charge in [0, 0.05) is 37.9 Å². The molecule has 1 fully saturated rings. The predicted octanol–water partition coefficient (Wildman–Crippen LogP) is 1.21. The number of fused-ring (bicyclic) bond motifs is 1. The van der Waals surface area contributed by atoms with Gasteiger partial charge in [0.15, 0.2) is 0 Å². The van der Waals surface area contributed by atoms with E-state index in [0.717, 1.165) is 38.3 Å². The van der Waals surface area contributed by atoms with Crippen molar-refractivity contribution in [1.29, 1.82) is 0 Å². The molecule has 0 unspecified atom stereocenters. The highest BCUT2D eigenvalue weighted by atomic mass is 16.2. The molecule has 0 aromatic heterocycles. The van der Waals surface area contributed by atoms with Gasteiger partial charge in [-0.3, -0.25) is 9.69 Å². The minimum Gasteiger partial charge on any atom is -0.308 e. The fourth-order valence-electron chi connectivity index (χ4n) is 3.22. The van der Waals surface area contributed by atoms with Crippen LogP contribution in [0.15, 0.2) is 24.3 Å². The van der Waals surface area contributed by atoms with E-state index in [4.69, 9.17) is 0 Å². The summed E-state index contributed by atoms with van der Waals surface area (Å²) in [5.41, 5.74) is 2.41. The predicted molar refractivity (Wildman–Crippen MR) is 81.0 cm³/mol. The number of anilines is 1. The molecule has 1 aromatic carbocycles. The van der Waals surface area contributed by atoms with Crippen LogP contribution in [0.25, 0.3) is 0 Å². The number of amides is 1. The van der Waals surface area contributed by atoms with E-state index in [1.807, 2.05) is 11.0 Å². The number of likely N-dealkylation sites (N-methyl/N-ethyl adjacent to an activating group) is 1. The first-order chi connectivity index (χ1) is 9.65. The Labute approximate surface area is 121 Å². The highest BCUT2D eigenvalue weighted by Gasteiger charge is 2.31. The molecule has 2 heterocycles. The Morgan fingerprint density at radius 3 is 2.65 bits per heavy atom. The van der Waals surface area contributed by atoms with Gasteiger partial charge in [-0.25, -0.2) is 0 Å². The highest BCUT2D eigenvalue weighted by molar-refractivity contribution is 5.97. The van der Waals surface area contributed by atoms with Crippen molar-refractivity contribution < 1.29 is 4.79 Å². The van der Waals surface area contributed by atoms with Crippen molar-refractivity contribution in [2.24, 2.45) is 0 Å². The zero-order valence-corrected chi connectivity index (χ0v) is 12.4. The maximum Gasteiger partial charge on any atom is 0.241 e. The van der Waals surface area contributed by atoms with Crippen LogP contribution in [-0.2, 0) is 11.2 Å². The van der Waals surface area contributed by atoms with Gasteiger partial charge in [-0.05, 0) is 32.0 Å². The zero-order valence-electron chi connectivity index (χ0n) is 12.4. The molecular weight excluding hydrogens is 250 g/mol. The maximum atomic E-state index is 12.6. The van der Waals surface area contributed by atoms with Gasteiger partial charge >= 0.3 is 0 Å². The van der Waals surface area contributed by atoms with E-state index in [1.165, 1.54) is 5.56 Å². The fraction of sp³-hybridized carbons (Fsp3) is 0.562. The molecule has 2 aliphatic heterocycles. The number of carbonyl (C=O) groups excluding carboxylic acids is 1. The highest BCUT2D eigenvalue weighted by Crippen LogP contribution is 2.31. The van der Waals surface area contributed by atoms with E-state index >= 15 is 0 Å². The molecule has 0 aliphatic carbocycles. The second kappa shape index (κ2) is 5.54. The smallest absolute Gasteiger partial charge is 0.241 e. The Kier molecular flexibility index (Phi) is 3.76. The van der Waals surface area contributed by atoms with Crippen molar-refractivity contribution in [3.05, 3.63) is 29.8 Å². The summed E-state index contributed by atoms with van der Waals surface area (Å²) in [6.07, 6.45) is 0.977. The van der Waals surface area contributed by atoms with Crippen LogP contribution in [0.4, 0.5) is 5.69 Å². The molecule has 108 valence electrons. The number of para-hydroxylation sites is 1. The summed E-state index contributed by atoms with van der Waals surface area (Å²) in [5, 5.41) is 0. The van der Waals surface area contributed by atoms with E-state index in [1.54, 1.807) is 0 Å². The largest absolute Gasteiger partial charge is 0.308 e. The van der Waals surface area contributed by atoms with E-state index in [9.17, 15) is 4.79 Å². The average molecular weight is 273 g/mol. The molecule has 0 radical (unpaired) electrons. The van der Waals surface area contributed by atoms with Gasteiger partial charge in [-0.1, -0.05) is 18.2 Å². The monoisotopic (exact) mass is 273 g/mol. The lowest BCUT2D eigenvalue weighted by atomic mass is 10.1. The van der Waals surface area contributed by atoms with Crippen LogP contribution in [0, 0.1) is 0 Å². The molecule has 2 aliphatic rings. The van der Waals surface area contributed by atoms with Crippen molar-refractivity contribution >= 4 is 11.6 Å². The number of benzene rings is 1. The summed E-state index contributed by atoms with van der Waals surface area (Å²) in [6.45, 7) is 6.78. The number of piperazine rings is 1. The van der Waals surface area contributed by atoms with E-state index in [2.05, 4.69) is 42.0 Å².